The molecule has 2 heterocycles. The Kier molecular flexibility index (Phi) is 7.12. The number of rotatable bonds is 8. The fraction of sp³-hybridized carbons (Fsp3) is 0.375. The molecule has 1 atom stereocenters. The molecule has 1 fully saturated rings. The van der Waals surface area contributed by atoms with Crippen molar-refractivity contribution < 1.29 is 9.84 Å². The number of para-hydroxylation sites is 1. The van der Waals surface area contributed by atoms with Gasteiger partial charge in [0.2, 0.25) is 0 Å². The van der Waals surface area contributed by atoms with Gasteiger partial charge in [-0.1, -0.05) is 48.5 Å². The first-order chi connectivity index (χ1) is 14.7. The summed E-state index contributed by atoms with van der Waals surface area (Å²) in [6.07, 6.45) is -0.483. The lowest BCUT2D eigenvalue weighted by Crippen LogP contribution is -2.48. The third-order valence-electron chi connectivity index (χ3n) is 5.42. The molecule has 2 aromatic carbocycles. The normalized spacial score (nSPS) is 16.5. The molecule has 0 saturated carbocycles. The van der Waals surface area contributed by atoms with E-state index < -0.39 is 6.10 Å². The molecule has 6 heteroatoms. The van der Waals surface area contributed by atoms with Gasteiger partial charge in [0.1, 0.15) is 23.5 Å². The number of piperazine rings is 1. The van der Waals surface area contributed by atoms with Crippen LogP contribution in [0.15, 0.2) is 60.0 Å². The van der Waals surface area contributed by atoms with Crippen LogP contribution in [0, 0.1) is 6.92 Å². The van der Waals surface area contributed by atoms with Crippen LogP contribution in [0.2, 0.25) is 0 Å². The fourth-order valence-corrected chi connectivity index (χ4v) is 4.52. The molecule has 0 bridgehead atoms. The maximum atomic E-state index is 10.4. The number of nitrogens with zero attached hydrogens (tertiary/aromatic N) is 3. The highest BCUT2D eigenvalue weighted by Crippen LogP contribution is 2.24. The van der Waals surface area contributed by atoms with Gasteiger partial charge in [0.05, 0.1) is 5.69 Å². The molecule has 1 unspecified atom stereocenters. The number of aryl methyl sites for hydroxylation is 1. The molecule has 1 aliphatic heterocycles. The molecular formula is C24H29N3O2S. The number of hydrogen-bond acceptors (Lipinski definition) is 6. The summed E-state index contributed by atoms with van der Waals surface area (Å²) in [4.78, 5) is 9.57. The van der Waals surface area contributed by atoms with Crippen LogP contribution in [0.4, 0.5) is 0 Å². The topological polar surface area (TPSA) is 48.8 Å². The summed E-state index contributed by atoms with van der Waals surface area (Å²) in [6, 6.07) is 18.3. The van der Waals surface area contributed by atoms with Gasteiger partial charge >= 0.3 is 0 Å². The first-order valence-corrected chi connectivity index (χ1v) is 11.4. The Balaban J connectivity index is 1.20. The van der Waals surface area contributed by atoms with E-state index in [9.17, 15) is 5.11 Å². The Hall–Kier alpha value is -2.25. The zero-order valence-corrected chi connectivity index (χ0v) is 18.2. The number of aliphatic hydroxyl groups excluding tert-OH is 1. The van der Waals surface area contributed by atoms with Crippen molar-refractivity contribution in [1.29, 1.82) is 0 Å². The molecule has 0 spiro atoms. The number of β-amino-alcohol motifs (C(OH)–C–C–N with tert-alkyl or cyclic N) is 1. The molecule has 1 aliphatic rings. The third-order valence-corrected chi connectivity index (χ3v) is 6.36. The van der Waals surface area contributed by atoms with Gasteiger partial charge in [0.15, 0.2) is 0 Å². The fourth-order valence-electron chi connectivity index (χ4n) is 3.71. The van der Waals surface area contributed by atoms with E-state index in [1.54, 1.807) is 11.3 Å². The van der Waals surface area contributed by atoms with E-state index in [-0.39, 0.29) is 0 Å². The maximum absolute atomic E-state index is 10.4. The first-order valence-electron chi connectivity index (χ1n) is 10.5. The monoisotopic (exact) mass is 423 g/mol. The summed E-state index contributed by atoms with van der Waals surface area (Å²) in [7, 11) is 0. The van der Waals surface area contributed by atoms with Gasteiger partial charge in [-0.3, -0.25) is 9.80 Å². The molecule has 0 amide bonds. The van der Waals surface area contributed by atoms with E-state index >= 15 is 0 Å². The largest absolute Gasteiger partial charge is 0.491 e. The summed E-state index contributed by atoms with van der Waals surface area (Å²) in [5.41, 5.74) is 3.41. The van der Waals surface area contributed by atoms with Gasteiger partial charge in [0, 0.05) is 50.2 Å². The Bertz CT molecular complexity index is 923. The zero-order valence-electron chi connectivity index (χ0n) is 17.4. The lowest BCUT2D eigenvalue weighted by molar-refractivity contribution is 0.0443. The molecular weight excluding hydrogens is 394 g/mol. The van der Waals surface area contributed by atoms with Crippen LogP contribution >= 0.6 is 11.3 Å². The van der Waals surface area contributed by atoms with Gasteiger partial charge in [-0.05, 0) is 18.6 Å². The summed E-state index contributed by atoms with van der Waals surface area (Å²) in [5, 5.41) is 13.6. The quantitative estimate of drug-likeness (QED) is 0.599. The molecule has 30 heavy (non-hydrogen) atoms. The summed E-state index contributed by atoms with van der Waals surface area (Å²) >= 11 is 1.71. The van der Waals surface area contributed by atoms with E-state index in [1.165, 1.54) is 5.56 Å². The van der Waals surface area contributed by atoms with Crippen molar-refractivity contribution in [2.75, 3.05) is 39.3 Å². The number of hydrogen-bond donors (Lipinski definition) is 1. The Labute approximate surface area is 182 Å². The number of ether oxygens (including phenoxy) is 1. The number of benzene rings is 2. The Morgan fingerprint density at radius 3 is 2.47 bits per heavy atom. The minimum absolute atomic E-state index is 0.326. The predicted molar refractivity (Wildman–Crippen MR) is 122 cm³/mol. The number of thiazole rings is 1. The van der Waals surface area contributed by atoms with Crippen LogP contribution in [0.5, 0.6) is 5.75 Å². The van der Waals surface area contributed by atoms with E-state index in [2.05, 4.69) is 39.4 Å². The Morgan fingerprint density at radius 2 is 1.70 bits per heavy atom. The van der Waals surface area contributed by atoms with Gasteiger partial charge in [-0.15, -0.1) is 11.3 Å². The molecule has 1 N–H and O–H groups in total. The van der Waals surface area contributed by atoms with Crippen molar-refractivity contribution in [3.8, 4) is 16.3 Å². The van der Waals surface area contributed by atoms with E-state index in [0.717, 1.165) is 54.7 Å². The van der Waals surface area contributed by atoms with Crippen LogP contribution < -0.4 is 4.74 Å². The minimum atomic E-state index is -0.483. The molecule has 4 rings (SSSR count). The van der Waals surface area contributed by atoms with Gasteiger partial charge in [0.25, 0.3) is 0 Å². The third kappa shape index (κ3) is 5.67. The highest BCUT2D eigenvalue weighted by Gasteiger charge is 2.20. The lowest BCUT2D eigenvalue weighted by atomic mass is 10.2. The van der Waals surface area contributed by atoms with Crippen molar-refractivity contribution in [1.82, 2.24) is 14.8 Å². The van der Waals surface area contributed by atoms with E-state index in [0.29, 0.717) is 13.2 Å². The van der Waals surface area contributed by atoms with Crippen LogP contribution in [0.1, 0.15) is 11.3 Å². The highest BCUT2D eigenvalue weighted by molar-refractivity contribution is 7.13. The van der Waals surface area contributed by atoms with Crippen molar-refractivity contribution >= 4 is 11.3 Å². The molecule has 1 aromatic heterocycles. The van der Waals surface area contributed by atoms with Crippen molar-refractivity contribution in [2.24, 2.45) is 0 Å². The summed E-state index contributed by atoms with van der Waals surface area (Å²) < 4.78 is 5.78. The smallest absolute Gasteiger partial charge is 0.123 e. The van der Waals surface area contributed by atoms with Gasteiger partial charge in [-0.2, -0.15) is 0 Å². The molecule has 0 radical (unpaired) electrons. The second-order valence-electron chi connectivity index (χ2n) is 7.82. The molecule has 158 valence electrons. The summed E-state index contributed by atoms with van der Waals surface area (Å²) in [6.45, 7) is 7.77. The minimum Gasteiger partial charge on any atom is -0.491 e. The van der Waals surface area contributed by atoms with Crippen LogP contribution in [0.25, 0.3) is 10.6 Å². The standard InChI is InChI=1S/C24H29N3O2S/c1-19-7-5-6-10-23(19)29-17-22(28)16-27-13-11-26(12-14-27)15-21-18-30-24(25-21)20-8-3-2-4-9-20/h2-10,18,22,28H,11-17H2,1H3. The lowest BCUT2D eigenvalue weighted by Gasteiger charge is -2.35. The molecule has 3 aromatic rings. The van der Waals surface area contributed by atoms with E-state index in [4.69, 9.17) is 9.72 Å². The molecule has 0 aliphatic carbocycles. The van der Waals surface area contributed by atoms with Crippen LogP contribution in [-0.2, 0) is 6.54 Å². The van der Waals surface area contributed by atoms with Crippen molar-refractivity contribution in [3.05, 3.63) is 71.2 Å². The average molecular weight is 424 g/mol. The van der Waals surface area contributed by atoms with Crippen molar-refractivity contribution in [2.45, 2.75) is 19.6 Å². The van der Waals surface area contributed by atoms with Crippen molar-refractivity contribution in [3.63, 3.8) is 0 Å². The van der Waals surface area contributed by atoms with Gasteiger partial charge in [-0.25, -0.2) is 4.98 Å². The van der Waals surface area contributed by atoms with Crippen LogP contribution in [0.3, 0.4) is 0 Å². The Morgan fingerprint density at radius 1 is 1.00 bits per heavy atom. The zero-order chi connectivity index (χ0) is 20.8. The number of aromatic nitrogens is 1. The van der Waals surface area contributed by atoms with Crippen LogP contribution in [-0.4, -0.2) is 65.3 Å². The second kappa shape index (κ2) is 10.2. The average Bonchev–Trinajstić information content (AvgIpc) is 3.24. The summed E-state index contributed by atoms with van der Waals surface area (Å²) in [5.74, 6) is 0.847. The number of aliphatic hydroxyl groups is 1. The highest BCUT2D eigenvalue weighted by atomic mass is 32.1. The maximum Gasteiger partial charge on any atom is 0.123 e. The molecule has 5 nitrogen and oxygen atoms in total. The molecule has 1 saturated heterocycles. The SMILES string of the molecule is Cc1ccccc1OCC(O)CN1CCN(Cc2csc(-c3ccccc3)n2)CC1. The first kappa shape index (κ1) is 21.0. The predicted octanol–water partition coefficient (Wildman–Crippen LogP) is 3.68. The second-order valence-corrected chi connectivity index (χ2v) is 8.68. The van der Waals surface area contributed by atoms with E-state index in [1.807, 2.05) is 37.3 Å². The van der Waals surface area contributed by atoms with Gasteiger partial charge < -0.3 is 9.84 Å².